The summed E-state index contributed by atoms with van der Waals surface area (Å²) in [4.78, 5) is 38.5. The Hall–Kier alpha value is -2.43. The molecule has 1 unspecified atom stereocenters. The number of amides is 2. The summed E-state index contributed by atoms with van der Waals surface area (Å²) in [7, 11) is 1.38. The van der Waals surface area contributed by atoms with Crippen LogP contribution in [0.4, 0.5) is 11.4 Å². The van der Waals surface area contributed by atoms with Crippen LogP contribution in [0, 0.1) is 18.4 Å². The van der Waals surface area contributed by atoms with Crippen molar-refractivity contribution in [2.24, 2.45) is 11.8 Å². The molecule has 7 nitrogen and oxygen atoms in total. The maximum absolute atomic E-state index is 13.5. The van der Waals surface area contributed by atoms with Crippen LogP contribution in [0.3, 0.4) is 0 Å². The van der Waals surface area contributed by atoms with Crippen LogP contribution in [0.1, 0.15) is 70.3 Å². The van der Waals surface area contributed by atoms with Crippen LogP contribution in [-0.4, -0.2) is 49.0 Å². The summed E-state index contributed by atoms with van der Waals surface area (Å²) in [6, 6.07) is 6.23. The minimum absolute atomic E-state index is 0.0234. The van der Waals surface area contributed by atoms with Gasteiger partial charge in [0.15, 0.2) is 5.69 Å². The molecular weight excluding hydrogens is 416 g/mol. The number of carbonyl (C=O) groups excluding carboxylic acids is 2. The standard InChI is InChI=1S/C26H36N4O3/c1-17(2)18-5-8-20(9-6-18)29-13-11-21(12-14-29)30-24-10-7-19(27-3)15-22(24)23(26(30)32)16-25(31)28-33-4/h7,10,15,17-18,20-21,23H,5-6,8-9,11-14,16H2,1-2,4H3,(H,28,31). The van der Waals surface area contributed by atoms with Crippen molar-refractivity contribution in [1.82, 2.24) is 10.4 Å². The fourth-order valence-corrected chi connectivity index (χ4v) is 6.09. The Bertz CT molecular complexity index is 909. The molecule has 0 aromatic heterocycles. The Morgan fingerprint density at radius 1 is 1.15 bits per heavy atom. The molecule has 2 fully saturated rings. The molecule has 3 aliphatic rings. The van der Waals surface area contributed by atoms with Gasteiger partial charge in [0.1, 0.15) is 0 Å². The number of likely N-dealkylation sites (tertiary alicyclic amines) is 1. The van der Waals surface area contributed by atoms with Crippen molar-refractivity contribution in [2.75, 3.05) is 25.1 Å². The van der Waals surface area contributed by atoms with Crippen molar-refractivity contribution >= 4 is 23.2 Å². The van der Waals surface area contributed by atoms with E-state index in [9.17, 15) is 9.59 Å². The topological polar surface area (TPSA) is 66.2 Å². The number of fused-ring (bicyclic) bond motifs is 1. The molecule has 2 amide bonds. The second kappa shape index (κ2) is 10.2. The van der Waals surface area contributed by atoms with E-state index < -0.39 is 5.92 Å². The van der Waals surface area contributed by atoms with Gasteiger partial charge in [-0.3, -0.25) is 14.4 Å². The van der Waals surface area contributed by atoms with Gasteiger partial charge in [0, 0.05) is 37.3 Å². The van der Waals surface area contributed by atoms with E-state index in [2.05, 4.69) is 29.1 Å². The van der Waals surface area contributed by atoms with Crippen LogP contribution in [0.2, 0.25) is 0 Å². The molecule has 0 bridgehead atoms. The lowest BCUT2D eigenvalue weighted by Crippen LogP contribution is -2.50. The van der Waals surface area contributed by atoms with Gasteiger partial charge in [-0.25, -0.2) is 10.3 Å². The van der Waals surface area contributed by atoms with Gasteiger partial charge in [-0.2, -0.15) is 0 Å². The number of hydrogen-bond donors (Lipinski definition) is 1. The normalized spacial score (nSPS) is 26.3. The highest BCUT2D eigenvalue weighted by Crippen LogP contribution is 2.44. The second-order valence-corrected chi connectivity index (χ2v) is 10.1. The van der Waals surface area contributed by atoms with Crippen molar-refractivity contribution in [1.29, 1.82) is 0 Å². The molecule has 1 saturated heterocycles. The molecular formula is C26H36N4O3. The monoisotopic (exact) mass is 452 g/mol. The second-order valence-electron chi connectivity index (χ2n) is 10.1. The first-order valence-corrected chi connectivity index (χ1v) is 12.3. The summed E-state index contributed by atoms with van der Waals surface area (Å²) >= 11 is 0. The molecule has 1 N–H and O–H groups in total. The van der Waals surface area contributed by atoms with Crippen LogP contribution in [0.5, 0.6) is 0 Å². The fraction of sp³-hybridized carbons (Fsp3) is 0.654. The number of benzene rings is 1. The largest absolute Gasteiger partial charge is 0.309 e. The van der Waals surface area contributed by atoms with E-state index in [-0.39, 0.29) is 24.3 Å². The summed E-state index contributed by atoms with van der Waals surface area (Å²) in [6.45, 7) is 14.1. The van der Waals surface area contributed by atoms with Crippen LogP contribution in [-0.2, 0) is 14.4 Å². The third-order valence-corrected chi connectivity index (χ3v) is 7.98. The van der Waals surface area contributed by atoms with Gasteiger partial charge in [0.2, 0.25) is 11.8 Å². The highest BCUT2D eigenvalue weighted by Gasteiger charge is 2.43. The molecule has 1 atom stereocenters. The molecule has 33 heavy (non-hydrogen) atoms. The quantitative estimate of drug-likeness (QED) is 0.513. The lowest BCUT2D eigenvalue weighted by Gasteiger charge is -2.43. The van der Waals surface area contributed by atoms with Crippen LogP contribution < -0.4 is 10.4 Å². The van der Waals surface area contributed by atoms with Crippen LogP contribution in [0.25, 0.3) is 4.85 Å². The molecule has 0 radical (unpaired) electrons. The Morgan fingerprint density at radius 2 is 1.85 bits per heavy atom. The number of nitrogens with zero attached hydrogens (tertiary/aromatic N) is 3. The average molecular weight is 453 g/mol. The van der Waals surface area contributed by atoms with E-state index in [1.54, 1.807) is 12.1 Å². The number of nitrogens with one attached hydrogen (secondary N) is 1. The fourth-order valence-electron chi connectivity index (χ4n) is 6.09. The first kappa shape index (κ1) is 23.7. The van der Waals surface area contributed by atoms with Gasteiger partial charge < -0.3 is 9.80 Å². The van der Waals surface area contributed by atoms with E-state index in [0.29, 0.717) is 11.7 Å². The van der Waals surface area contributed by atoms with Crippen molar-refractivity contribution < 1.29 is 14.4 Å². The third-order valence-electron chi connectivity index (χ3n) is 7.98. The van der Waals surface area contributed by atoms with E-state index in [1.807, 2.05) is 11.0 Å². The molecule has 1 aliphatic carbocycles. The number of piperidine rings is 1. The first-order valence-electron chi connectivity index (χ1n) is 12.3. The predicted octanol–water partition coefficient (Wildman–Crippen LogP) is 4.41. The van der Waals surface area contributed by atoms with Crippen molar-refractivity contribution in [3.05, 3.63) is 35.2 Å². The first-order chi connectivity index (χ1) is 15.9. The van der Waals surface area contributed by atoms with Crippen molar-refractivity contribution in [3.8, 4) is 0 Å². The van der Waals surface area contributed by atoms with Gasteiger partial charge in [-0.1, -0.05) is 26.0 Å². The summed E-state index contributed by atoms with van der Waals surface area (Å²) in [5.41, 5.74) is 4.46. The van der Waals surface area contributed by atoms with Gasteiger partial charge in [-0.15, -0.1) is 0 Å². The lowest BCUT2D eigenvalue weighted by atomic mass is 9.79. The molecule has 178 valence electrons. The zero-order valence-electron chi connectivity index (χ0n) is 20.0. The minimum Gasteiger partial charge on any atom is -0.309 e. The Kier molecular flexibility index (Phi) is 7.35. The number of rotatable bonds is 6. The van der Waals surface area contributed by atoms with Crippen LogP contribution in [0.15, 0.2) is 18.2 Å². The molecule has 2 heterocycles. The average Bonchev–Trinajstić information content (AvgIpc) is 3.09. The summed E-state index contributed by atoms with van der Waals surface area (Å²) < 4.78 is 0. The maximum Gasteiger partial charge on any atom is 0.244 e. The molecule has 1 aromatic rings. The van der Waals surface area contributed by atoms with E-state index >= 15 is 0 Å². The maximum atomic E-state index is 13.5. The van der Waals surface area contributed by atoms with Crippen LogP contribution >= 0.6 is 0 Å². The van der Waals surface area contributed by atoms with Gasteiger partial charge in [-0.05, 0) is 62.0 Å². The number of anilines is 1. The Morgan fingerprint density at radius 3 is 2.45 bits per heavy atom. The minimum atomic E-state index is -0.568. The summed E-state index contributed by atoms with van der Waals surface area (Å²) in [6.07, 6.45) is 7.14. The number of hydroxylamine groups is 1. The number of hydrogen-bond acceptors (Lipinski definition) is 4. The van der Waals surface area contributed by atoms with Gasteiger partial charge in [0.25, 0.3) is 0 Å². The predicted molar refractivity (Wildman–Crippen MR) is 128 cm³/mol. The van der Waals surface area contributed by atoms with E-state index in [1.165, 1.54) is 32.8 Å². The molecule has 2 aliphatic heterocycles. The zero-order valence-corrected chi connectivity index (χ0v) is 20.0. The van der Waals surface area contributed by atoms with Gasteiger partial charge >= 0.3 is 0 Å². The van der Waals surface area contributed by atoms with Crippen molar-refractivity contribution in [2.45, 2.75) is 76.8 Å². The molecule has 4 rings (SSSR count). The molecule has 7 heteroatoms. The Labute approximate surface area is 197 Å². The molecule has 1 aromatic carbocycles. The van der Waals surface area contributed by atoms with Crippen molar-refractivity contribution in [3.63, 3.8) is 0 Å². The SMILES string of the molecule is [C-]#[N+]c1ccc2c(c1)C(CC(=O)NOC)C(=O)N2C1CCN(C2CCC(C(C)C)CC2)CC1. The molecule has 1 saturated carbocycles. The Balaban J connectivity index is 1.44. The van der Waals surface area contributed by atoms with E-state index in [4.69, 9.17) is 11.4 Å². The van der Waals surface area contributed by atoms with Gasteiger partial charge in [0.05, 0.1) is 19.6 Å². The van der Waals surface area contributed by atoms with E-state index in [0.717, 1.165) is 49.0 Å². The number of carbonyl (C=O) groups is 2. The highest BCUT2D eigenvalue weighted by molar-refractivity contribution is 6.07. The lowest BCUT2D eigenvalue weighted by molar-refractivity contribution is -0.133. The zero-order chi connectivity index (χ0) is 23.5. The summed E-state index contributed by atoms with van der Waals surface area (Å²) in [5.74, 6) is 0.712. The summed E-state index contributed by atoms with van der Waals surface area (Å²) in [5, 5.41) is 0. The third kappa shape index (κ3) is 4.92. The smallest absolute Gasteiger partial charge is 0.244 e. The molecule has 0 spiro atoms. The highest BCUT2D eigenvalue weighted by atomic mass is 16.6.